The third kappa shape index (κ3) is 4.57. The highest BCUT2D eigenvalue weighted by molar-refractivity contribution is 5.77. The van der Waals surface area contributed by atoms with Crippen LogP contribution in [0, 0.1) is 0 Å². The molecular weight excluding hydrogens is 328 g/mol. The Morgan fingerprint density at radius 1 is 1.04 bits per heavy atom. The number of unbranched alkanes of at least 4 members (excludes halogenated alkanes) is 2. The van der Waals surface area contributed by atoms with Gasteiger partial charge in [-0.2, -0.15) is 0 Å². The predicted octanol–water partition coefficient (Wildman–Crippen LogP) is 4.21. The van der Waals surface area contributed by atoms with Gasteiger partial charge in [0.25, 0.3) is 0 Å². The Balaban J connectivity index is 1.44. The minimum Gasteiger partial charge on any atom is -0.493 e. The molecule has 0 bridgehead atoms. The summed E-state index contributed by atoms with van der Waals surface area (Å²) in [6.45, 7) is 0.642. The van der Waals surface area contributed by atoms with Crippen LogP contribution in [-0.2, 0) is 6.42 Å². The van der Waals surface area contributed by atoms with Gasteiger partial charge >= 0.3 is 5.63 Å². The molecule has 0 saturated heterocycles. The molecular formula is C21H24N2O3. The summed E-state index contributed by atoms with van der Waals surface area (Å²) in [4.78, 5) is 11.3. The highest BCUT2D eigenvalue weighted by Crippen LogP contribution is 2.22. The van der Waals surface area contributed by atoms with Crippen molar-refractivity contribution in [2.45, 2.75) is 25.7 Å². The molecule has 0 aliphatic carbocycles. The van der Waals surface area contributed by atoms with Crippen LogP contribution in [0.4, 0.5) is 11.4 Å². The fourth-order valence-electron chi connectivity index (χ4n) is 2.96. The second-order valence-corrected chi connectivity index (χ2v) is 6.28. The molecule has 2 aromatic carbocycles. The van der Waals surface area contributed by atoms with Crippen LogP contribution in [0.15, 0.2) is 57.7 Å². The van der Waals surface area contributed by atoms with Crippen molar-refractivity contribution in [2.75, 3.05) is 24.7 Å². The smallest absolute Gasteiger partial charge is 0.336 e. The molecule has 0 spiro atoms. The van der Waals surface area contributed by atoms with E-state index in [1.54, 1.807) is 12.1 Å². The standard InChI is InChI=1S/C21H24N2O3/c1-23-19-13-17(22)9-6-15(19)5-3-2-4-12-25-18-10-7-16-8-11-21(24)26-20(16)14-18/h6-11,13-14,23H,2-5,12,22H2,1H3. The third-order valence-corrected chi connectivity index (χ3v) is 4.36. The Labute approximate surface area is 152 Å². The first-order valence-electron chi connectivity index (χ1n) is 8.88. The molecule has 0 saturated carbocycles. The largest absolute Gasteiger partial charge is 0.493 e. The number of anilines is 2. The number of hydrogen-bond donors (Lipinski definition) is 2. The number of fused-ring (bicyclic) bond motifs is 1. The van der Waals surface area contributed by atoms with Gasteiger partial charge in [-0.15, -0.1) is 0 Å². The quantitative estimate of drug-likeness (QED) is 0.361. The van der Waals surface area contributed by atoms with Crippen LogP contribution < -0.4 is 21.4 Å². The molecule has 5 heteroatoms. The molecule has 5 nitrogen and oxygen atoms in total. The summed E-state index contributed by atoms with van der Waals surface area (Å²) in [5.74, 6) is 0.725. The first-order valence-corrected chi connectivity index (χ1v) is 8.88. The lowest BCUT2D eigenvalue weighted by molar-refractivity contribution is 0.305. The number of benzene rings is 2. The van der Waals surface area contributed by atoms with Gasteiger partial charge < -0.3 is 20.2 Å². The van der Waals surface area contributed by atoms with Gasteiger partial charge in [0.15, 0.2) is 0 Å². The van der Waals surface area contributed by atoms with E-state index in [-0.39, 0.29) is 5.63 Å². The van der Waals surface area contributed by atoms with Crippen molar-refractivity contribution >= 4 is 22.3 Å². The van der Waals surface area contributed by atoms with Crippen molar-refractivity contribution in [3.63, 3.8) is 0 Å². The van der Waals surface area contributed by atoms with Gasteiger partial charge in [0.1, 0.15) is 11.3 Å². The molecule has 0 unspecified atom stereocenters. The van der Waals surface area contributed by atoms with Crippen LogP contribution >= 0.6 is 0 Å². The zero-order chi connectivity index (χ0) is 18.4. The fourth-order valence-corrected chi connectivity index (χ4v) is 2.96. The van der Waals surface area contributed by atoms with Crippen molar-refractivity contribution in [2.24, 2.45) is 0 Å². The van der Waals surface area contributed by atoms with E-state index in [0.29, 0.717) is 12.2 Å². The number of ether oxygens (including phenoxy) is 1. The lowest BCUT2D eigenvalue weighted by atomic mass is 10.0. The van der Waals surface area contributed by atoms with Crippen LogP contribution in [0.25, 0.3) is 11.0 Å². The number of rotatable bonds is 8. The first-order chi connectivity index (χ1) is 12.7. The molecule has 0 aliphatic heterocycles. The highest BCUT2D eigenvalue weighted by Gasteiger charge is 2.03. The molecule has 136 valence electrons. The highest BCUT2D eigenvalue weighted by atomic mass is 16.5. The van der Waals surface area contributed by atoms with E-state index in [0.717, 1.165) is 48.2 Å². The fraction of sp³-hybridized carbons (Fsp3) is 0.286. The maximum absolute atomic E-state index is 11.3. The van der Waals surface area contributed by atoms with Crippen molar-refractivity contribution < 1.29 is 9.15 Å². The zero-order valence-electron chi connectivity index (χ0n) is 15.0. The van der Waals surface area contributed by atoms with Crippen molar-refractivity contribution in [1.29, 1.82) is 0 Å². The van der Waals surface area contributed by atoms with Gasteiger partial charge in [0, 0.05) is 35.9 Å². The van der Waals surface area contributed by atoms with Crippen molar-refractivity contribution in [3.8, 4) is 5.75 Å². The first kappa shape index (κ1) is 17.9. The van der Waals surface area contributed by atoms with E-state index >= 15 is 0 Å². The molecule has 0 radical (unpaired) electrons. The Morgan fingerprint density at radius 3 is 2.73 bits per heavy atom. The lowest BCUT2D eigenvalue weighted by Gasteiger charge is -2.10. The second-order valence-electron chi connectivity index (χ2n) is 6.28. The van der Waals surface area contributed by atoms with Crippen LogP contribution in [0.1, 0.15) is 24.8 Å². The summed E-state index contributed by atoms with van der Waals surface area (Å²) >= 11 is 0. The maximum atomic E-state index is 11.3. The molecule has 0 amide bonds. The Kier molecular flexibility index (Phi) is 5.79. The second kappa shape index (κ2) is 8.43. The molecule has 3 aromatic rings. The molecule has 0 atom stereocenters. The molecule has 1 heterocycles. The molecule has 0 aliphatic rings. The van der Waals surface area contributed by atoms with Crippen LogP contribution in [0.3, 0.4) is 0 Å². The van der Waals surface area contributed by atoms with Crippen LogP contribution in [0.2, 0.25) is 0 Å². The normalized spacial score (nSPS) is 10.8. The summed E-state index contributed by atoms with van der Waals surface area (Å²) in [6.07, 6.45) is 4.16. The number of aryl methyl sites for hydroxylation is 1. The molecule has 0 fully saturated rings. The number of nitrogens with one attached hydrogen (secondary N) is 1. The van der Waals surface area contributed by atoms with E-state index in [1.165, 1.54) is 11.6 Å². The van der Waals surface area contributed by atoms with E-state index in [9.17, 15) is 4.79 Å². The summed E-state index contributed by atoms with van der Waals surface area (Å²) in [5.41, 5.74) is 9.18. The SMILES string of the molecule is CNc1cc(N)ccc1CCCCCOc1ccc2ccc(=O)oc2c1. The molecule has 1 aromatic heterocycles. The predicted molar refractivity (Wildman–Crippen MR) is 106 cm³/mol. The van der Waals surface area contributed by atoms with Gasteiger partial charge in [0.05, 0.1) is 6.61 Å². The summed E-state index contributed by atoms with van der Waals surface area (Å²) in [7, 11) is 1.91. The molecule has 3 rings (SSSR count). The Hall–Kier alpha value is -2.95. The molecule has 3 N–H and O–H groups in total. The van der Waals surface area contributed by atoms with Crippen LogP contribution in [0.5, 0.6) is 5.75 Å². The minimum atomic E-state index is -0.349. The van der Waals surface area contributed by atoms with Gasteiger partial charge in [-0.05, 0) is 61.6 Å². The van der Waals surface area contributed by atoms with Crippen molar-refractivity contribution in [3.05, 3.63) is 64.5 Å². The monoisotopic (exact) mass is 352 g/mol. The number of hydrogen-bond acceptors (Lipinski definition) is 5. The summed E-state index contributed by atoms with van der Waals surface area (Å²) in [5, 5.41) is 4.08. The van der Waals surface area contributed by atoms with Crippen molar-refractivity contribution in [1.82, 2.24) is 0 Å². The topological polar surface area (TPSA) is 77.5 Å². The van der Waals surface area contributed by atoms with Gasteiger partial charge in [-0.25, -0.2) is 4.79 Å². The zero-order valence-corrected chi connectivity index (χ0v) is 15.0. The van der Waals surface area contributed by atoms with Gasteiger partial charge in [-0.3, -0.25) is 0 Å². The van der Waals surface area contributed by atoms with Gasteiger partial charge in [-0.1, -0.05) is 6.07 Å². The number of nitrogen functional groups attached to an aromatic ring is 1. The Bertz CT molecular complexity index is 934. The minimum absolute atomic E-state index is 0.349. The van der Waals surface area contributed by atoms with E-state index in [1.807, 2.05) is 31.3 Å². The summed E-state index contributed by atoms with van der Waals surface area (Å²) < 4.78 is 11.0. The van der Waals surface area contributed by atoms with E-state index in [2.05, 4.69) is 11.4 Å². The Morgan fingerprint density at radius 2 is 1.88 bits per heavy atom. The number of nitrogens with two attached hydrogens (primary N) is 1. The van der Waals surface area contributed by atoms with Gasteiger partial charge in [0.2, 0.25) is 0 Å². The lowest BCUT2D eigenvalue weighted by Crippen LogP contribution is -2.00. The van der Waals surface area contributed by atoms with E-state index in [4.69, 9.17) is 14.9 Å². The van der Waals surface area contributed by atoms with Crippen LogP contribution in [-0.4, -0.2) is 13.7 Å². The average molecular weight is 352 g/mol. The van der Waals surface area contributed by atoms with E-state index < -0.39 is 0 Å². The average Bonchev–Trinajstić information content (AvgIpc) is 2.65. The summed E-state index contributed by atoms with van der Waals surface area (Å²) in [6, 6.07) is 14.7. The third-order valence-electron chi connectivity index (χ3n) is 4.36. The molecule has 26 heavy (non-hydrogen) atoms. The maximum Gasteiger partial charge on any atom is 0.336 e.